The zero-order valence-electron chi connectivity index (χ0n) is 16.9. The van der Waals surface area contributed by atoms with E-state index in [1.165, 1.54) is 25.9 Å². The fourth-order valence-corrected chi connectivity index (χ4v) is 3.03. The number of piperidine rings is 1. The average Bonchev–Trinajstić information content (AvgIpc) is 2.68. The fraction of sp³-hybridized carbons (Fsp3) is 0.650. The number of methoxy groups -OCH3 is 1. The van der Waals surface area contributed by atoms with Crippen LogP contribution in [0.2, 0.25) is 0 Å². The van der Waals surface area contributed by atoms with Crippen LogP contribution < -0.4 is 20.1 Å². The largest absolute Gasteiger partial charge is 0.497 e. The first-order chi connectivity index (χ1) is 12.7. The Morgan fingerprint density at radius 2 is 1.74 bits per heavy atom. The molecule has 0 aliphatic carbocycles. The summed E-state index contributed by atoms with van der Waals surface area (Å²) < 4.78 is 10.8. The van der Waals surface area contributed by atoms with Crippen molar-refractivity contribution in [1.29, 1.82) is 0 Å². The molecule has 6 nitrogen and oxygen atoms in total. The van der Waals surface area contributed by atoms with Gasteiger partial charge in [0.25, 0.3) is 0 Å². The summed E-state index contributed by atoms with van der Waals surface area (Å²) in [5, 5.41) is 6.65. The van der Waals surface area contributed by atoms with Crippen LogP contribution in [0.3, 0.4) is 0 Å². The van der Waals surface area contributed by atoms with E-state index in [4.69, 9.17) is 9.47 Å². The zero-order valence-corrected chi connectivity index (χ0v) is 19.2. The molecule has 1 aliphatic rings. The molecule has 27 heavy (non-hydrogen) atoms. The van der Waals surface area contributed by atoms with Crippen LogP contribution >= 0.6 is 24.0 Å². The number of nitrogens with one attached hydrogen (secondary N) is 2. The van der Waals surface area contributed by atoms with E-state index in [9.17, 15) is 0 Å². The molecule has 154 valence electrons. The minimum Gasteiger partial charge on any atom is -0.497 e. The first kappa shape index (κ1) is 23.8. The molecule has 1 heterocycles. The monoisotopic (exact) mass is 490 g/mol. The Labute approximate surface area is 181 Å². The maximum Gasteiger partial charge on any atom is 0.191 e. The highest BCUT2D eigenvalue weighted by Gasteiger charge is 2.14. The lowest BCUT2D eigenvalue weighted by Crippen LogP contribution is -2.41. The number of ether oxygens (including phenoxy) is 2. The number of likely N-dealkylation sites (tertiary alicyclic amines) is 1. The van der Waals surface area contributed by atoms with Crippen molar-refractivity contribution in [3.05, 3.63) is 24.3 Å². The van der Waals surface area contributed by atoms with Crippen LogP contribution in [0.5, 0.6) is 11.5 Å². The van der Waals surface area contributed by atoms with Crippen molar-refractivity contribution in [1.82, 2.24) is 15.5 Å². The molecule has 2 rings (SSSR count). The first-order valence-corrected chi connectivity index (χ1v) is 9.65. The van der Waals surface area contributed by atoms with Gasteiger partial charge in [-0.15, -0.1) is 24.0 Å². The van der Waals surface area contributed by atoms with Gasteiger partial charge in [-0.25, -0.2) is 0 Å². The van der Waals surface area contributed by atoms with E-state index in [0.29, 0.717) is 13.2 Å². The van der Waals surface area contributed by atoms with Gasteiger partial charge in [0.1, 0.15) is 18.1 Å². The maximum absolute atomic E-state index is 5.71. The van der Waals surface area contributed by atoms with Gasteiger partial charge in [-0.1, -0.05) is 6.92 Å². The van der Waals surface area contributed by atoms with E-state index < -0.39 is 0 Å². The molecule has 1 aliphatic heterocycles. The summed E-state index contributed by atoms with van der Waals surface area (Å²) in [5.41, 5.74) is 0. The van der Waals surface area contributed by atoms with Crippen molar-refractivity contribution >= 4 is 29.9 Å². The Morgan fingerprint density at radius 3 is 2.37 bits per heavy atom. The number of halogens is 1. The van der Waals surface area contributed by atoms with Crippen LogP contribution in [0.1, 0.15) is 26.2 Å². The lowest BCUT2D eigenvalue weighted by molar-refractivity contribution is 0.191. The number of aliphatic imine (C=N–C) groups is 1. The fourth-order valence-electron chi connectivity index (χ4n) is 3.03. The van der Waals surface area contributed by atoms with Crippen molar-refractivity contribution in [2.24, 2.45) is 10.9 Å². The molecule has 7 heteroatoms. The van der Waals surface area contributed by atoms with Gasteiger partial charge in [0.05, 0.1) is 13.7 Å². The molecule has 0 atom stereocenters. The summed E-state index contributed by atoms with van der Waals surface area (Å²) in [6.07, 6.45) is 3.81. The van der Waals surface area contributed by atoms with Crippen LogP contribution in [0.4, 0.5) is 0 Å². The summed E-state index contributed by atoms with van der Waals surface area (Å²) in [6.45, 7) is 8.23. The lowest BCUT2D eigenvalue weighted by Gasteiger charge is -2.30. The van der Waals surface area contributed by atoms with Gasteiger partial charge in [-0.3, -0.25) is 4.99 Å². The molecule has 0 spiro atoms. The van der Waals surface area contributed by atoms with E-state index in [1.807, 2.05) is 24.3 Å². The van der Waals surface area contributed by atoms with Crippen LogP contribution in [-0.4, -0.2) is 64.3 Å². The predicted molar refractivity (Wildman–Crippen MR) is 123 cm³/mol. The van der Waals surface area contributed by atoms with Gasteiger partial charge < -0.3 is 25.0 Å². The molecule has 0 unspecified atom stereocenters. The van der Waals surface area contributed by atoms with E-state index >= 15 is 0 Å². The highest BCUT2D eigenvalue weighted by atomic mass is 127. The van der Waals surface area contributed by atoms with E-state index in [1.54, 1.807) is 14.2 Å². The van der Waals surface area contributed by atoms with Crippen molar-refractivity contribution in [2.45, 2.75) is 26.2 Å². The summed E-state index contributed by atoms with van der Waals surface area (Å²) in [5.74, 6) is 3.40. The lowest BCUT2D eigenvalue weighted by atomic mass is 9.99. The molecule has 1 aromatic rings. The van der Waals surface area contributed by atoms with Gasteiger partial charge in [0.15, 0.2) is 5.96 Å². The second-order valence-corrected chi connectivity index (χ2v) is 6.83. The third-order valence-electron chi connectivity index (χ3n) is 4.77. The SMILES string of the molecule is CN=C(NCCCN1CCC(C)CC1)NCCOc1ccc(OC)cc1.I. The molecule has 1 saturated heterocycles. The molecule has 0 radical (unpaired) electrons. The summed E-state index contributed by atoms with van der Waals surface area (Å²) in [4.78, 5) is 6.83. The number of benzene rings is 1. The number of guanidine groups is 1. The van der Waals surface area contributed by atoms with Gasteiger partial charge in [-0.05, 0) is 69.1 Å². The van der Waals surface area contributed by atoms with Crippen molar-refractivity contribution in [3.8, 4) is 11.5 Å². The van der Waals surface area contributed by atoms with Gasteiger partial charge >= 0.3 is 0 Å². The molecular weight excluding hydrogens is 455 g/mol. The molecule has 0 amide bonds. The van der Waals surface area contributed by atoms with E-state index in [2.05, 4.69) is 27.4 Å². The number of nitrogens with zero attached hydrogens (tertiary/aromatic N) is 2. The first-order valence-electron chi connectivity index (χ1n) is 9.65. The van der Waals surface area contributed by atoms with Crippen LogP contribution in [0.25, 0.3) is 0 Å². The Hall–Kier alpha value is -1.22. The molecule has 0 saturated carbocycles. The summed E-state index contributed by atoms with van der Waals surface area (Å²) in [7, 11) is 3.46. The highest BCUT2D eigenvalue weighted by molar-refractivity contribution is 14.0. The molecule has 1 fully saturated rings. The topological polar surface area (TPSA) is 58.1 Å². The predicted octanol–water partition coefficient (Wildman–Crippen LogP) is 2.98. The van der Waals surface area contributed by atoms with E-state index in [-0.39, 0.29) is 24.0 Å². The third kappa shape index (κ3) is 9.51. The highest BCUT2D eigenvalue weighted by Crippen LogP contribution is 2.17. The third-order valence-corrected chi connectivity index (χ3v) is 4.77. The Balaban J connectivity index is 0.00000364. The number of rotatable bonds is 9. The Kier molecular flexibility index (Phi) is 12.2. The molecular formula is C20H35IN4O2. The van der Waals surface area contributed by atoms with Gasteiger partial charge in [-0.2, -0.15) is 0 Å². The summed E-state index contributed by atoms with van der Waals surface area (Å²) in [6, 6.07) is 7.61. The molecule has 1 aromatic carbocycles. The van der Waals surface area contributed by atoms with Gasteiger partial charge in [0, 0.05) is 13.6 Å². The standard InChI is InChI=1S/C20H34N4O2.HI/c1-17-9-14-24(15-10-17)13-4-11-22-20(21-2)23-12-16-26-19-7-5-18(25-3)6-8-19;/h5-8,17H,4,9-16H2,1-3H3,(H2,21,22,23);1H. The molecule has 2 N–H and O–H groups in total. The van der Waals surface area contributed by atoms with Crippen LogP contribution in [-0.2, 0) is 0 Å². The second kappa shape index (κ2) is 13.9. The minimum absolute atomic E-state index is 0. The number of hydrogen-bond acceptors (Lipinski definition) is 4. The summed E-state index contributed by atoms with van der Waals surface area (Å²) >= 11 is 0. The van der Waals surface area contributed by atoms with Crippen molar-refractivity contribution < 1.29 is 9.47 Å². The Bertz CT molecular complexity index is 531. The zero-order chi connectivity index (χ0) is 18.6. The Morgan fingerprint density at radius 1 is 1.11 bits per heavy atom. The quantitative estimate of drug-likeness (QED) is 0.241. The normalized spacial score (nSPS) is 15.7. The molecule has 0 aromatic heterocycles. The number of hydrogen-bond donors (Lipinski definition) is 2. The van der Waals surface area contributed by atoms with Crippen LogP contribution in [0, 0.1) is 5.92 Å². The smallest absolute Gasteiger partial charge is 0.191 e. The maximum atomic E-state index is 5.71. The van der Waals surface area contributed by atoms with Crippen molar-refractivity contribution in [2.75, 3.05) is 53.5 Å². The average molecular weight is 490 g/mol. The van der Waals surface area contributed by atoms with E-state index in [0.717, 1.165) is 42.9 Å². The molecule has 0 bridgehead atoms. The minimum atomic E-state index is 0. The van der Waals surface area contributed by atoms with Crippen molar-refractivity contribution in [3.63, 3.8) is 0 Å². The van der Waals surface area contributed by atoms with Gasteiger partial charge in [0.2, 0.25) is 0 Å². The second-order valence-electron chi connectivity index (χ2n) is 6.83. The van der Waals surface area contributed by atoms with Crippen LogP contribution in [0.15, 0.2) is 29.3 Å².